The molecule has 252 valence electrons. The molecule has 0 saturated heterocycles. The topological polar surface area (TPSA) is 60.8 Å². The molecule has 3 aliphatic rings. The molecule has 4 aromatic rings. The molecule has 1 amide bonds. The standard InChI is InChI=1S/C43H50FNO3/c1-28(46)45(24-10-13-29-11-4-3-5-12-29)39-22-18-30-14-6-8-16-34(30)36(39)17-9-7-15-31-25-32-26-33(47)19-20-35(32)42-38(44)27-43(2)37(41(31)42)21-23-40(43)48/h3-6,8,11-12,14,16,18-20,22,26,31,37-38,40-42,47-48H,7,9-10,13,15,17,21,23-25,27H2,1-2H3/t31?,37?,38?,40?,41?,42?,43-/m0/s1. The van der Waals surface area contributed by atoms with Crippen molar-refractivity contribution in [2.24, 2.45) is 23.2 Å². The Morgan fingerprint density at radius 3 is 2.54 bits per heavy atom. The summed E-state index contributed by atoms with van der Waals surface area (Å²) in [5.41, 5.74) is 5.32. The van der Waals surface area contributed by atoms with E-state index in [-0.39, 0.29) is 28.9 Å². The average molecular weight is 648 g/mol. The van der Waals surface area contributed by atoms with Crippen molar-refractivity contribution in [2.45, 2.75) is 96.2 Å². The molecule has 4 nitrogen and oxygen atoms in total. The molecule has 7 atom stereocenters. The molecule has 2 fully saturated rings. The Kier molecular flexibility index (Phi) is 9.35. The molecule has 0 heterocycles. The molecule has 7 rings (SSSR count). The number of anilines is 1. The van der Waals surface area contributed by atoms with Crippen molar-refractivity contribution >= 4 is 22.4 Å². The Morgan fingerprint density at radius 2 is 1.73 bits per heavy atom. The highest BCUT2D eigenvalue weighted by molar-refractivity contribution is 5.98. The smallest absolute Gasteiger partial charge is 0.223 e. The number of amides is 1. The van der Waals surface area contributed by atoms with Crippen LogP contribution in [-0.2, 0) is 24.1 Å². The van der Waals surface area contributed by atoms with Crippen LogP contribution in [0, 0.1) is 23.2 Å². The van der Waals surface area contributed by atoms with E-state index in [9.17, 15) is 15.0 Å². The van der Waals surface area contributed by atoms with Crippen molar-refractivity contribution in [3.05, 3.63) is 107 Å². The van der Waals surface area contributed by atoms with Gasteiger partial charge in [-0.25, -0.2) is 4.39 Å². The van der Waals surface area contributed by atoms with Crippen LogP contribution < -0.4 is 4.90 Å². The largest absolute Gasteiger partial charge is 0.508 e. The second-order valence-corrected chi connectivity index (χ2v) is 15.2. The molecule has 6 unspecified atom stereocenters. The van der Waals surface area contributed by atoms with Gasteiger partial charge in [-0.3, -0.25) is 4.79 Å². The lowest BCUT2D eigenvalue weighted by Crippen LogP contribution is -2.51. The highest BCUT2D eigenvalue weighted by Gasteiger charge is 2.59. The van der Waals surface area contributed by atoms with Crippen LogP contribution in [0.15, 0.2) is 84.9 Å². The lowest BCUT2D eigenvalue weighted by molar-refractivity contribution is -0.116. The van der Waals surface area contributed by atoms with Gasteiger partial charge in [-0.2, -0.15) is 0 Å². The number of benzene rings is 4. The van der Waals surface area contributed by atoms with Gasteiger partial charge in [-0.15, -0.1) is 0 Å². The molecular formula is C43H50FNO3. The number of carbonyl (C=O) groups is 1. The summed E-state index contributed by atoms with van der Waals surface area (Å²) in [4.78, 5) is 15.1. The molecule has 0 spiro atoms. The zero-order valence-electron chi connectivity index (χ0n) is 28.5. The second-order valence-electron chi connectivity index (χ2n) is 15.2. The van der Waals surface area contributed by atoms with Crippen molar-refractivity contribution in [3.8, 4) is 5.75 Å². The number of aliphatic hydroxyl groups excluding tert-OH is 1. The second kappa shape index (κ2) is 13.7. The number of halogens is 1. The fourth-order valence-corrected chi connectivity index (χ4v) is 10.1. The van der Waals surface area contributed by atoms with Crippen LogP contribution >= 0.6 is 0 Å². The van der Waals surface area contributed by atoms with Crippen LogP contribution in [0.3, 0.4) is 0 Å². The summed E-state index contributed by atoms with van der Waals surface area (Å²) in [6.45, 7) is 4.47. The first-order valence-electron chi connectivity index (χ1n) is 18.2. The summed E-state index contributed by atoms with van der Waals surface area (Å²) in [5.74, 6) is 0.943. The molecule has 48 heavy (non-hydrogen) atoms. The summed E-state index contributed by atoms with van der Waals surface area (Å²) >= 11 is 0. The molecule has 0 aliphatic heterocycles. The molecule has 2 N–H and O–H groups in total. The normalized spacial score (nSPS) is 27.7. The lowest BCUT2D eigenvalue weighted by atomic mass is 9.51. The lowest BCUT2D eigenvalue weighted by Gasteiger charge is -2.54. The number of aryl methyl sites for hydroxylation is 2. The van der Waals surface area contributed by atoms with E-state index < -0.39 is 12.3 Å². The highest BCUT2D eigenvalue weighted by atomic mass is 19.1. The van der Waals surface area contributed by atoms with Crippen LogP contribution in [0.1, 0.15) is 87.0 Å². The zero-order valence-corrected chi connectivity index (χ0v) is 28.5. The first kappa shape index (κ1) is 32.8. The number of nitrogens with zero attached hydrogens (tertiary/aromatic N) is 1. The number of phenols is 1. The fourth-order valence-electron chi connectivity index (χ4n) is 10.1. The van der Waals surface area contributed by atoms with Crippen LogP contribution in [0.25, 0.3) is 10.8 Å². The molecule has 0 aromatic heterocycles. The molecule has 5 heteroatoms. The third-order valence-electron chi connectivity index (χ3n) is 12.4. The van der Waals surface area contributed by atoms with Gasteiger partial charge in [0.1, 0.15) is 11.9 Å². The van der Waals surface area contributed by atoms with Crippen molar-refractivity contribution in [1.29, 1.82) is 0 Å². The van der Waals surface area contributed by atoms with Crippen molar-refractivity contribution in [3.63, 3.8) is 0 Å². The monoisotopic (exact) mass is 647 g/mol. The minimum absolute atomic E-state index is 0.0645. The van der Waals surface area contributed by atoms with Gasteiger partial charge in [-0.1, -0.05) is 80.1 Å². The number of aliphatic hydroxyl groups is 1. The van der Waals surface area contributed by atoms with Crippen LogP contribution in [0.5, 0.6) is 5.75 Å². The number of hydrogen-bond donors (Lipinski definition) is 2. The Hall–Kier alpha value is -3.70. The minimum atomic E-state index is -0.993. The predicted molar refractivity (Wildman–Crippen MR) is 192 cm³/mol. The van der Waals surface area contributed by atoms with E-state index in [1.165, 1.54) is 21.9 Å². The summed E-state index contributed by atoms with van der Waals surface area (Å²) in [6, 6.07) is 28.7. The van der Waals surface area contributed by atoms with Gasteiger partial charge in [0.15, 0.2) is 0 Å². The number of rotatable bonds is 10. The maximum Gasteiger partial charge on any atom is 0.223 e. The quantitative estimate of drug-likeness (QED) is 0.169. The molecule has 0 bridgehead atoms. The van der Waals surface area contributed by atoms with Crippen LogP contribution in [0.2, 0.25) is 0 Å². The number of hydrogen-bond acceptors (Lipinski definition) is 3. The summed E-state index contributed by atoms with van der Waals surface area (Å²) in [6.07, 6.45) is 7.18. The van der Waals surface area contributed by atoms with Gasteiger partial charge < -0.3 is 15.1 Å². The van der Waals surface area contributed by atoms with Crippen molar-refractivity contribution in [2.75, 3.05) is 11.4 Å². The SMILES string of the molecule is CC(=O)N(CCCc1ccccc1)c1ccc2ccccc2c1CCCCC1Cc2cc(O)ccc2C2C(F)C[C@]3(C)C(O)CCC3C12. The number of alkyl halides is 1. The Balaban J connectivity index is 1.11. The van der Waals surface area contributed by atoms with E-state index in [0.717, 1.165) is 74.6 Å². The fraction of sp³-hybridized carbons (Fsp3) is 0.465. The summed E-state index contributed by atoms with van der Waals surface area (Å²) in [7, 11) is 0. The molecule has 4 aromatic carbocycles. The van der Waals surface area contributed by atoms with Crippen molar-refractivity contribution in [1.82, 2.24) is 0 Å². The van der Waals surface area contributed by atoms with Gasteiger partial charge in [0.2, 0.25) is 5.91 Å². The van der Waals surface area contributed by atoms with E-state index in [2.05, 4.69) is 67.6 Å². The van der Waals surface area contributed by atoms with Crippen LogP contribution in [0.4, 0.5) is 10.1 Å². The van der Waals surface area contributed by atoms with Crippen molar-refractivity contribution < 1.29 is 19.4 Å². The Labute approximate surface area is 285 Å². The van der Waals surface area contributed by atoms with Crippen LogP contribution in [-0.4, -0.2) is 34.9 Å². The van der Waals surface area contributed by atoms with E-state index in [0.29, 0.717) is 24.8 Å². The van der Waals surface area contributed by atoms with Gasteiger partial charge in [0.05, 0.1) is 6.10 Å². The third-order valence-corrected chi connectivity index (χ3v) is 12.4. The number of aromatic hydroxyl groups is 1. The first-order valence-corrected chi connectivity index (χ1v) is 18.2. The maximum atomic E-state index is 16.3. The van der Waals surface area contributed by atoms with Gasteiger partial charge in [0, 0.05) is 25.1 Å². The first-order chi connectivity index (χ1) is 23.2. The number of phenolic OH excluding ortho intramolecular Hbond substituents is 1. The van der Waals surface area contributed by atoms with Gasteiger partial charge in [-0.05, 0) is 132 Å². The third kappa shape index (κ3) is 6.15. The minimum Gasteiger partial charge on any atom is -0.508 e. The van der Waals surface area contributed by atoms with E-state index >= 15 is 4.39 Å². The number of fused-ring (bicyclic) bond motifs is 6. The Morgan fingerprint density at radius 1 is 0.938 bits per heavy atom. The number of carbonyl (C=O) groups excluding carboxylic acids is 1. The van der Waals surface area contributed by atoms with E-state index in [1.54, 1.807) is 13.0 Å². The van der Waals surface area contributed by atoms with E-state index in [4.69, 9.17) is 0 Å². The Bertz CT molecular complexity index is 1760. The predicted octanol–water partition coefficient (Wildman–Crippen LogP) is 9.34. The molecule has 3 aliphatic carbocycles. The number of unbranched alkanes of at least 4 members (excludes halogenated alkanes) is 1. The maximum absolute atomic E-state index is 16.3. The van der Waals surface area contributed by atoms with Gasteiger partial charge in [0.25, 0.3) is 0 Å². The molecular weight excluding hydrogens is 597 g/mol. The summed E-state index contributed by atoms with van der Waals surface area (Å²) < 4.78 is 16.3. The van der Waals surface area contributed by atoms with Gasteiger partial charge >= 0.3 is 0 Å². The van der Waals surface area contributed by atoms with E-state index in [1.807, 2.05) is 23.1 Å². The summed E-state index contributed by atoms with van der Waals surface area (Å²) in [5, 5.41) is 23.8. The highest BCUT2D eigenvalue weighted by Crippen LogP contribution is 2.63. The molecule has 2 saturated carbocycles. The molecule has 0 radical (unpaired) electrons. The zero-order chi connectivity index (χ0) is 33.4. The average Bonchev–Trinajstić information content (AvgIpc) is 3.38.